The highest BCUT2D eigenvalue weighted by Crippen LogP contribution is 2.31. The van der Waals surface area contributed by atoms with Gasteiger partial charge in [-0.25, -0.2) is 5.01 Å². The molecule has 0 fully saturated rings. The van der Waals surface area contributed by atoms with Crippen molar-refractivity contribution in [2.75, 3.05) is 7.11 Å². The summed E-state index contributed by atoms with van der Waals surface area (Å²) in [6.07, 6.45) is 3.66. The highest BCUT2D eigenvalue weighted by molar-refractivity contribution is 7.80. The second-order valence-electron chi connectivity index (χ2n) is 4.59. The Kier molecular flexibility index (Phi) is 3.53. The standard InChI is InChI=1S/C15H15N3O2S/c1-19-11-6-4-10(5-7-11)12-9-13(14-3-2-8-20-14)18(17-12)15(16)21/h2-9,13,17H,1H3,(H2,16,21)/t13-/m0/s1. The molecule has 0 saturated carbocycles. The van der Waals surface area contributed by atoms with Gasteiger partial charge in [-0.15, -0.1) is 0 Å². The van der Waals surface area contributed by atoms with Crippen LogP contribution in [0.25, 0.3) is 5.70 Å². The average Bonchev–Trinajstić information content (AvgIpc) is 3.16. The molecule has 0 spiro atoms. The van der Waals surface area contributed by atoms with E-state index in [2.05, 4.69) is 5.43 Å². The van der Waals surface area contributed by atoms with Gasteiger partial charge in [0.1, 0.15) is 17.6 Å². The minimum atomic E-state index is -0.158. The molecule has 0 saturated heterocycles. The first kappa shape index (κ1) is 13.5. The smallest absolute Gasteiger partial charge is 0.186 e. The van der Waals surface area contributed by atoms with Gasteiger partial charge in [0.25, 0.3) is 0 Å². The predicted octanol–water partition coefficient (Wildman–Crippen LogP) is 2.43. The van der Waals surface area contributed by atoms with Crippen LogP contribution in [0.4, 0.5) is 0 Å². The fourth-order valence-electron chi connectivity index (χ4n) is 2.26. The Balaban J connectivity index is 1.92. The van der Waals surface area contributed by atoms with E-state index in [-0.39, 0.29) is 11.2 Å². The lowest BCUT2D eigenvalue weighted by Crippen LogP contribution is -2.42. The second-order valence-corrected chi connectivity index (χ2v) is 5.01. The average molecular weight is 301 g/mol. The summed E-state index contributed by atoms with van der Waals surface area (Å²) in [7, 11) is 1.64. The maximum Gasteiger partial charge on any atom is 0.186 e. The Bertz CT molecular complexity index is 665. The maximum atomic E-state index is 5.78. The molecule has 1 aromatic heterocycles. The van der Waals surface area contributed by atoms with Gasteiger partial charge in [0.05, 0.1) is 19.1 Å². The van der Waals surface area contributed by atoms with Gasteiger partial charge in [-0.3, -0.25) is 5.43 Å². The highest BCUT2D eigenvalue weighted by Gasteiger charge is 2.29. The van der Waals surface area contributed by atoms with E-state index in [0.29, 0.717) is 0 Å². The first-order valence-corrected chi connectivity index (χ1v) is 6.85. The molecule has 1 aliphatic heterocycles. The monoisotopic (exact) mass is 301 g/mol. The number of hydrazine groups is 1. The molecule has 0 aliphatic carbocycles. The van der Waals surface area contributed by atoms with Gasteiger partial charge in [-0.05, 0) is 60.3 Å². The van der Waals surface area contributed by atoms with Gasteiger partial charge < -0.3 is 14.9 Å². The normalized spacial score (nSPS) is 17.3. The summed E-state index contributed by atoms with van der Waals surface area (Å²) in [6, 6.07) is 11.3. The molecule has 2 aromatic rings. The number of hydrogen-bond donors (Lipinski definition) is 2. The Hall–Kier alpha value is -2.47. The second kappa shape index (κ2) is 5.49. The van der Waals surface area contributed by atoms with Crippen LogP contribution in [0.2, 0.25) is 0 Å². The molecule has 3 rings (SSSR count). The summed E-state index contributed by atoms with van der Waals surface area (Å²) in [5, 5.41) is 1.96. The van der Waals surface area contributed by atoms with E-state index in [1.807, 2.05) is 42.5 Å². The minimum absolute atomic E-state index is 0.158. The van der Waals surface area contributed by atoms with Crippen molar-refractivity contribution in [3.8, 4) is 5.75 Å². The van der Waals surface area contributed by atoms with Crippen molar-refractivity contribution < 1.29 is 9.15 Å². The molecule has 5 nitrogen and oxygen atoms in total. The van der Waals surface area contributed by atoms with Gasteiger partial charge in [-0.1, -0.05) is 0 Å². The molecular formula is C15H15N3O2S. The zero-order valence-corrected chi connectivity index (χ0v) is 12.3. The van der Waals surface area contributed by atoms with E-state index in [0.717, 1.165) is 22.8 Å². The minimum Gasteiger partial charge on any atom is -0.497 e. The van der Waals surface area contributed by atoms with Crippen LogP contribution < -0.4 is 15.9 Å². The number of furan rings is 1. The Labute approximate surface area is 128 Å². The third kappa shape index (κ3) is 2.57. The molecule has 0 radical (unpaired) electrons. The molecule has 21 heavy (non-hydrogen) atoms. The third-order valence-electron chi connectivity index (χ3n) is 3.32. The lowest BCUT2D eigenvalue weighted by Gasteiger charge is -2.23. The van der Waals surface area contributed by atoms with Gasteiger partial charge in [0, 0.05) is 0 Å². The molecule has 1 aliphatic rings. The van der Waals surface area contributed by atoms with Gasteiger partial charge in [-0.2, -0.15) is 0 Å². The molecule has 1 aromatic carbocycles. The van der Waals surface area contributed by atoms with Crippen molar-refractivity contribution in [2.24, 2.45) is 5.73 Å². The zero-order valence-electron chi connectivity index (χ0n) is 11.4. The summed E-state index contributed by atoms with van der Waals surface area (Å²) < 4.78 is 10.6. The van der Waals surface area contributed by atoms with E-state index in [4.69, 9.17) is 27.1 Å². The summed E-state index contributed by atoms with van der Waals surface area (Å²) in [5.41, 5.74) is 10.9. The van der Waals surface area contributed by atoms with Gasteiger partial charge in [0.15, 0.2) is 5.11 Å². The Morgan fingerprint density at radius 2 is 2.10 bits per heavy atom. The van der Waals surface area contributed by atoms with E-state index in [1.54, 1.807) is 18.4 Å². The number of nitrogens with one attached hydrogen (secondary N) is 1. The summed E-state index contributed by atoms with van der Waals surface area (Å²) >= 11 is 5.09. The van der Waals surface area contributed by atoms with Crippen molar-refractivity contribution in [2.45, 2.75) is 6.04 Å². The number of benzene rings is 1. The zero-order chi connectivity index (χ0) is 14.8. The first-order valence-electron chi connectivity index (χ1n) is 6.44. The Morgan fingerprint density at radius 1 is 1.33 bits per heavy atom. The van der Waals surface area contributed by atoms with Crippen LogP contribution in [-0.2, 0) is 0 Å². The van der Waals surface area contributed by atoms with Gasteiger partial charge >= 0.3 is 0 Å². The van der Waals surface area contributed by atoms with E-state index >= 15 is 0 Å². The van der Waals surface area contributed by atoms with E-state index < -0.39 is 0 Å². The number of hydrogen-bond acceptors (Lipinski definition) is 4. The number of ether oxygens (including phenoxy) is 1. The molecular weight excluding hydrogens is 286 g/mol. The van der Waals surface area contributed by atoms with Crippen molar-refractivity contribution in [1.29, 1.82) is 0 Å². The summed E-state index contributed by atoms with van der Waals surface area (Å²) in [6.45, 7) is 0. The number of nitrogens with zero attached hydrogens (tertiary/aromatic N) is 1. The maximum absolute atomic E-state index is 5.78. The molecule has 0 amide bonds. The first-order chi connectivity index (χ1) is 10.2. The SMILES string of the molecule is COc1ccc(C2=C[C@@H](c3ccco3)N(C(N)=S)N2)cc1. The van der Waals surface area contributed by atoms with Crippen LogP contribution in [0.3, 0.4) is 0 Å². The number of thiocarbonyl (C=S) groups is 1. The quantitative estimate of drug-likeness (QED) is 0.849. The summed E-state index contributed by atoms with van der Waals surface area (Å²) in [5.74, 6) is 1.59. The number of nitrogens with two attached hydrogens (primary N) is 1. The lowest BCUT2D eigenvalue weighted by molar-refractivity contribution is 0.304. The highest BCUT2D eigenvalue weighted by atomic mass is 32.1. The Morgan fingerprint density at radius 3 is 2.67 bits per heavy atom. The van der Waals surface area contributed by atoms with Crippen LogP contribution >= 0.6 is 12.2 Å². The van der Waals surface area contributed by atoms with Crippen molar-refractivity contribution in [3.63, 3.8) is 0 Å². The lowest BCUT2D eigenvalue weighted by atomic mass is 10.1. The molecule has 6 heteroatoms. The predicted molar refractivity (Wildman–Crippen MR) is 84.2 cm³/mol. The van der Waals surface area contributed by atoms with Crippen LogP contribution in [0, 0.1) is 0 Å². The van der Waals surface area contributed by atoms with E-state index in [1.165, 1.54) is 0 Å². The third-order valence-corrected chi connectivity index (χ3v) is 3.51. The van der Waals surface area contributed by atoms with Crippen molar-refractivity contribution in [3.05, 3.63) is 60.1 Å². The number of methoxy groups -OCH3 is 1. The van der Waals surface area contributed by atoms with Crippen LogP contribution in [0.15, 0.2) is 53.2 Å². The number of rotatable bonds is 3. The molecule has 0 unspecified atom stereocenters. The van der Waals surface area contributed by atoms with Crippen molar-refractivity contribution in [1.82, 2.24) is 10.4 Å². The van der Waals surface area contributed by atoms with E-state index in [9.17, 15) is 0 Å². The van der Waals surface area contributed by atoms with Crippen LogP contribution in [-0.4, -0.2) is 17.2 Å². The van der Waals surface area contributed by atoms with Gasteiger partial charge in [0.2, 0.25) is 0 Å². The molecule has 108 valence electrons. The largest absolute Gasteiger partial charge is 0.497 e. The van der Waals surface area contributed by atoms with Crippen LogP contribution in [0.5, 0.6) is 5.75 Å². The molecule has 1 atom stereocenters. The van der Waals surface area contributed by atoms with Crippen molar-refractivity contribution >= 4 is 23.0 Å². The van der Waals surface area contributed by atoms with Crippen LogP contribution in [0.1, 0.15) is 17.4 Å². The topological polar surface area (TPSA) is 63.7 Å². The molecule has 0 bridgehead atoms. The molecule has 3 N–H and O–H groups in total. The fraction of sp³-hybridized carbons (Fsp3) is 0.133. The summed E-state index contributed by atoms with van der Waals surface area (Å²) in [4.78, 5) is 0. The fourth-order valence-corrected chi connectivity index (χ4v) is 2.42. The molecule has 2 heterocycles.